The molecule has 1 aromatic heterocycles. The molecular weight excluding hydrogens is 240 g/mol. The molecule has 1 aromatic rings. The predicted octanol–water partition coefficient (Wildman–Crippen LogP) is 1.48. The van der Waals surface area contributed by atoms with Crippen LogP contribution in [-0.4, -0.2) is 28.8 Å². The molecule has 0 aliphatic heterocycles. The molecule has 0 spiro atoms. The summed E-state index contributed by atoms with van der Waals surface area (Å²) < 4.78 is 1.64. The summed E-state index contributed by atoms with van der Waals surface area (Å²) in [6.07, 6.45) is 2.76. The van der Waals surface area contributed by atoms with Crippen molar-refractivity contribution >= 4 is 5.91 Å². The van der Waals surface area contributed by atoms with Gasteiger partial charge in [0, 0.05) is 13.6 Å². The third-order valence-corrected chi connectivity index (χ3v) is 4.08. The molecule has 1 rings (SSSR count). The molecular formula is C14H26N4O. The van der Waals surface area contributed by atoms with Crippen molar-refractivity contribution in [2.24, 2.45) is 18.2 Å². The maximum Gasteiger partial charge on any atom is 0.269 e. The van der Waals surface area contributed by atoms with Crippen LogP contribution in [0.25, 0.3) is 0 Å². The zero-order chi connectivity index (χ0) is 14.5. The number of carbonyl (C=O) groups excluding carboxylic acids is 1. The van der Waals surface area contributed by atoms with Gasteiger partial charge in [0.1, 0.15) is 5.69 Å². The first-order valence-electron chi connectivity index (χ1n) is 7.03. The fourth-order valence-corrected chi connectivity index (χ4v) is 2.13. The molecule has 5 heteroatoms. The summed E-state index contributed by atoms with van der Waals surface area (Å²) in [6.45, 7) is 7.45. The van der Waals surface area contributed by atoms with Crippen LogP contribution in [0.15, 0.2) is 6.07 Å². The third-order valence-electron chi connectivity index (χ3n) is 4.08. The van der Waals surface area contributed by atoms with Gasteiger partial charge in [-0.1, -0.05) is 20.8 Å². The Morgan fingerprint density at radius 3 is 2.47 bits per heavy atom. The maximum atomic E-state index is 12.2. The Balaban J connectivity index is 2.71. The molecule has 1 amide bonds. The van der Waals surface area contributed by atoms with Crippen LogP contribution in [0.2, 0.25) is 0 Å². The number of aromatic nitrogens is 2. The SMILES string of the molecule is CCc1cc(C(=O)NCC(CC)(CC)CN)n(C)n1. The van der Waals surface area contributed by atoms with Crippen molar-refractivity contribution in [3.05, 3.63) is 17.5 Å². The van der Waals surface area contributed by atoms with E-state index in [0.29, 0.717) is 18.8 Å². The first-order valence-corrected chi connectivity index (χ1v) is 7.03. The highest BCUT2D eigenvalue weighted by molar-refractivity contribution is 5.92. The minimum atomic E-state index is -0.0746. The number of amides is 1. The van der Waals surface area contributed by atoms with E-state index in [1.54, 1.807) is 11.7 Å². The van der Waals surface area contributed by atoms with Crippen LogP contribution in [-0.2, 0) is 13.5 Å². The predicted molar refractivity (Wildman–Crippen MR) is 77.0 cm³/mol. The molecule has 0 saturated heterocycles. The highest BCUT2D eigenvalue weighted by Gasteiger charge is 2.25. The number of hydrogen-bond donors (Lipinski definition) is 2. The molecule has 0 radical (unpaired) electrons. The van der Waals surface area contributed by atoms with Crippen molar-refractivity contribution in [1.29, 1.82) is 0 Å². The Hall–Kier alpha value is -1.36. The lowest BCUT2D eigenvalue weighted by Crippen LogP contribution is -2.42. The van der Waals surface area contributed by atoms with Gasteiger partial charge in [-0.2, -0.15) is 5.10 Å². The van der Waals surface area contributed by atoms with Gasteiger partial charge in [0.05, 0.1) is 5.69 Å². The number of nitrogens with two attached hydrogens (primary N) is 1. The molecule has 3 N–H and O–H groups in total. The first-order chi connectivity index (χ1) is 9.01. The number of aryl methyl sites for hydroxylation is 2. The van der Waals surface area contributed by atoms with E-state index in [4.69, 9.17) is 5.73 Å². The summed E-state index contributed by atoms with van der Waals surface area (Å²) in [7, 11) is 1.80. The van der Waals surface area contributed by atoms with Crippen molar-refractivity contribution < 1.29 is 4.79 Å². The molecule has 0 fully saturated rings. The van der Waals surface area contributed by atoms with Crippen molar-refractivity contribution in [2.75, 3.05) is 13.1 Å². The van der Waals surface area contributed by atoms with E-state index >= 15 is 0 Å². The molecule has 5 nitrogen and oxygen atoms in total. The van der Waals surface area contributed by atoms with Crippen LogP contribution < -0.4 is 11.1 Å². The lowest BCUT2D eigenvalue weighted by molar-refractivity contribution is 0.0918. The van der Waals surface area contributed by atoms with Crippen molar-refractivity contribution in [3.8, 4) is 0 Å². The van der Waals surface area contributed by atoms with Gasteiger partial charge < -0.3 is 11.1 Å². The Kier molecular flexibility index (Phi) is 5.54. The minimum absolute atomic E-state index is 0.00182. The molecule has 0 unspecified atom stereocenters. The summed E-state index contributed by atoms with van der Waals surface area (Å²) in [5, 5.41) is 7.28. The van der Waals surface area contributed by atoms with E-state index in [1.165, 1.54) is 0 Å². The van der Waals surface area contributed by atoms with Gasteiger partial charge in [-0.15, -0.1) is 0 Å². The summed E-state index contributed by atoms with van der Waals surface area (Å²) in [5.41, 5.74) is 7.38. The number of nitrogens with zero attached hydrogens (tertiary/aromatic N) is 2. The lowest BCUT2D eigenvalue weighted by atomic mass is 9.82. The highest BCUT2D eigenvalue weighted by Crippen LogP contribution is 2.23. The fourth-order valence-electron chi connectivity index (χ4n) is 2.13. The van der Waals surface area contributed by atoms with E-state index < -0.39 is 0 Å². The second kappa shape index (κ2) is 6.70. The molecule has 0 bridgehead atoms. The molecule has 1 heterocycles. The van der Waals surface area contributed by atoms with E-state index in [0.717, 1.165) is 25.0 Å². The monoisotopic (exact) mass is 266 g/mol. The summed E-state index contributed by atoms with van der Waals surface area (Å²) in [6, 6.07) is 1.84. The fraction of sp³-hybridized carbons (Fsp3) is 0.714. The Morgan fingerprint density at radius 2 is 2.05 bits per heavy atom. The molecule has 0 atom stereocenters. The van der Waals surface area contributed by atoms with Crippen molar-refractivity contribution in [3.63, 3.8) is 0 Å². The summed E-state index contributed by atoms with van der Waals surface area (Å²) >= 11 is 0. The Morgan fingerprint density at radius 1 is 1.42 bits per heavy atom. The first kappa shape index (κ1) is 15.7. The zero-order valence-corrected chi connectivity index (χ0v) is 12.5. The number of hydrogen-bond acceptors (Lipinski definition) is 3. The molecule has 0 aromatic carbocycles. The molecule has 0 aliphatic rings. The largest absolute Gasteiger partial charge is 0.350 e. The minimum Gasteiger partial charge on any atom is -0.350 e. The Bertz CT molecular complexity index is 413. The van der Waals surface area contributed by atoms with Gasteiger partial charge in [0.25, 0.3) is 5.91 Å². The quantitative estimate of drug-likeness (QED) is 0.785. The number of carbonyl (C=O) groups is 1. The zero-order valence-electron chi connectivity index (χ0n) is 12.5. The second-order valence-electron chi connectivity index (χ2n) is 5.09. The number of nitrogens with one attached hydrogen (secondary N) is 1. The smallest absolute Gasteiger partial charge is 0.269 e. The molecule has 108 valence electrons. The van der Waals surface area contributed by atoms with Crippen LogP contribution in [0.1, 0.15) is 49.8 Å². The van der Waals surface area contributed by atoms with Gasteiger partial charge in [-0.3, -0.25) is 9.48 Å². The third kappa shape index (κ3) is 3.56. The van der Waals surface area contributed by atoms with Gasteiger partial charge >= 0.3 is 0 Å². The van der Waals surface area contributed by atoms with Crippen LogP contribution >= 0.6 is 0 Å². The van der Waals surface area contributed by atoms with Gasteiger partial charge in [-0.05, 0) is 37.3 Å². The van der Waals surface area contributed by atoms with Crippen LogP contribution in [0, 0.1) is 5.41 Å². The normalized spacial score (nSPS) is 11.6. The van der Waals surface area contributed by atoms with Gasteiger partial charge in [0.15, 0.2) is 0 Å². The van der Waals surface area contributed by atoms with Crippen molar-refractivity contribution in [2.45, 2.75) is 40.0 Å². The molecule has 0 saturated carbocycles. The average molecular weight is 266 g/mol. The van der Waals surface area contributed by atoms with E-state index in [1.807, 2.05) is 13.0 Å². The Labute approximate surface area is 115 Å². The number of rotatable bonds is 7. The summed E-state index contributed by atoms with van der Waals surface area (Å²) in [5.74, 6) is -0.0746. The summed E-state index contributed by atoms with van der Waals surface area (Å²) in [4.78, 5) is 12.2. The lowest BCUT2D eigenvalue weighted by Gasteiger charge is -2.30. The van der Waals surface area contributed by atoms with Gasteiger partial charge in [-0.25, -0.2) is 0 Å². The van der Waals surface area contributed by atoms with Gasteiger partial charge in [0.2, 0.25) is 0 Å². The van der Waals surface area contributed by atoms with Crippen LogP contribution in [0.3, 0.4) is 0 Å². The van der Waals surface area contributed by atoms with Crippen LogP contribution in [0.4, 0.5) is 0 Å². The average Bonchev–Trinajstić information content (AvgIpc) is 2.82. The topological polar surface area (TPSA) is 72.9 Å². The maximum absolute atomic E-state index is 12.2. The molecule has 0 aliphatic carbocycles. The highest BCUT2D eigenvalue weighted by atomic mass is 16.2. The van der Waals surface area contributed by atoms with E-state index in [2.05, 4.69) is 24.3 Å². The van der Waals surface area contributed by atoms with E-state index in [-0.39, 0.29) is 11.3 Å². The van der Waals surface area contributed by atoms with Crippen LogP contribution in [0.5, 0.6) is 0 Å². The molecule has 19 heavy (non-hydrogen) atoms. The standard InChI is InChI=1S/C14H26N4O/c1-5-11-8-12(18(4)17-11)13(19)16-10-14(6-2,7-3)9-15/h8H,5-7,9-10,15H2,1-4H3,(H,16,19). The second-order valence-corrected chi connectivity index (χ2v) is 5.09. The van der Waals surface area contributed by atoms with Crippen molar-refractivity contribution in [1.82, 2.24) is 15.1 Å². The van der Waals surface area contributed by atoms with E-state index in [9.17, 15) is 4.79 Å².